The monoisotopic (exact) mass is 187 g/mol. The number of nitrogens with one attached hydrogen (secondary N) is 2. The maximum atomic E-state index is 12.4. The smallest absolute Gasteiger partial charge is 0.245 e. The van der Waals surface area contributed by atoms with Gasteiger partial charge in [-0.05, 0) is 12.8 Å². The van der Waals surface area contributed by atoms with Crippen LogP contribution < -0.4 is 5.32 Å². The molecule has 72 valence electrons. The number of imidazole rings is 1. The second kappa shape index (κ2) is 2.97. The van der Waals surface area contributed by atoms with Gasteiger partial charge in [0.1, 0.15) is 5.82 Å². The van der Waals surface area contributed by atoms with Gasteiger partial charge in [0.2, 0.25) is 6.43 Å². The molecule has 1 heterocycles. The van der Waals surface area contributed by atoms with Gasteiger partial charge in [-0.2, -0.15) is 0 Å². The number of nitrogens with zero attached hydrogens (tertiary/aromatic N) is 1. The molecule has 2 N–H and O–H groups in total. The van der Waals surface area contributed by atoms with Gasteiger partial charge in [0.15, 0.2) is 0 Å². The van der Waals surface area contributed by atoms with Crippen molar-refractivity contribution in [1.29, 1.82) is 0 Å². The minimum absolute atomic E-state index is 0.326. The van der Waals surface area contributed by atoms with Crippen LogP contribution in [-0.4, -0.2) is 22.9 Å². The van der Waals surface area contributed by atoms with Gasteiger partial charge < -0.3 is 10.3 Å². The molecule has 2 rings (SSSR count). The summed E-state index contributed by atoms with van der Waals surface area (Å²) in [5, 5.41) is 2.91. The Morgan fingerprint density at radius 1 is 1.62 bits per heavy atom. The van der Waals surface area contributed by atoms with Crippen LogP contribution in [0.3, 0.4) is 0 Å². The van der Waals surface area contributed by atoms with E-state index in [1.807, 2.05) is 0 Å². The van der Waals surface area contributed by atoms with Crippen LogP contribution in [0.2, 0.25) is 0 Å². The third-order valence-electron chi connectivity index (χ3n) is 2.48. The van der Waals surface area contributed by atoms with Crippen molar-refractivity contribution in [1.82, 2.24) is 9.97 Å². The zero-order valence-electron chi connectivity index (χ0n) is 7.06. The van der Waals surface area contributed by atoms with Gasteiger partial charge in [0.05, 0.1) is 12.5 Å². The minimum atomic E-state index is -2.22. The quantitative estimate of drug-likeness (QED) is 0.755. The van der Waals surface area contributed by atoms with Crippen LogP contribution in [0.4, 0.5) is 14.6 Å². The molecule has 0 radical (unpaired) electrons. The number of rotatable bonds is 4. The predicted octanol–water partition coefficient (Wildman–Crippen LogP) is 1.87. The average molecular weight is 187 g/mol. The molecule has 0 bridgehead atoms. The molecule has 0 spiro atoms. The van der Waals surface area contributed by atoms with Crippen LogP contribution in [0.1, 0.15) is 12.8 Å². The Morgan fingerprint density at radius 2 is 2.38 bits per heavy atom. The molecule has 1 aliphatic carbocycles. The zero-order chi connectivity index (χ0) is 9.31. The second-order valence-electron chi connectivity index (χ2n) is 3.48. The van der Waals surface area contributed by atoms with Crippen LogP contribution in [0.5, 0.6) is 0 Å². The van der Waals surface area contributed by atoms with Gasteiger partial charge in [-0.25, -0.2) is 13.8 Å². The van der Waals surface area contributed by atoms with Gasteiger partial charge >= 0.3 is 0 Å². The van der Waals surface area contributed by atoms with E-state index < -0.39 is 11.8 Å². The molecule has 0 aliphatic heterocycles. The Kier molecular flexibility index (Phi) is 1.94. The summed E-state index contributed by atoms with van der Waals surface area (Å²) in [5.74, 6) is 0.701. The molecule has 0 amide bonds. The first-order chi connectivity index (χ1) is 6.23. The molecule has 1 aromatic rings. The molecular weight excluding hydrogens is 176 g/mol. The maximum Gasteiger partial charge on any atom is 0.245 e. The fraction of sp³-hybridized carbons (Fsp3) is 0.625. The van der Waals surface area contributed by atoms with Crippen LogP contribution in [-0.2, 0) is 0 Å². The van der Waals surface area contributed by atoms with Crippen molar-refractivity contribution in [3.05, 3.63) is 12.5 Å². The lowest BCUT2D eigenvalue weighted by molar-refractivity contribution is 0.0687. The van der Waals surface area contributed by atoms with E-state index in [9.17, 15) is 8.78 Å². The van der Waals surface area contributed by atoms with Crippen molar-refractivity contribution < 1.29 is 8.78 Å². The Morgan fingerprint density at radius 3 is 2.85 bits per heavy atom. The zero-order valence-corrected chi connectivity index (χ0v) is 7.06. The third-order valence-corrected chi connectivity index (χ3v) is 2.48. The first-order valence-corrected chi connectivity index (χ1v) is 4.23. The van der Waals surface area contributed by atoms with Crippen molar-refractivity contribution >= 4 is 5.82 Å². The van der Waals surface area contributed by atoms with Gasteiger partial charge in [-0.15, -0.1) is 0 Å². The number of anilines is 1. The molecule has 1 saturated carbocycles. The molecule has 13 heavy (non-hydrogen) atoms. The molecule has 0 atom stereocenters. The molecule has 1 aromatic heterocycles. The highest BCUT2D eigenvalue weighted by atomic mass is 19.3. The van der Waals surface area contributed by atoms with Crippen LogP contribution >= 0.6 is 0 Å². The van der Waals surface area contributed by atoms with Crippen molar-refractivity contribution in [3.63, 3.8) is 0 Å². The molecule has 1 fully saturated rings. The number of alkyl halides is 2. The van der Waals surface area contributed by atoms with Crippen molar-refractivity contribution in [3.8, 4) is 0 Å². The standard InChI is InChI=1S/C8H11F2N3/c9-7(10)8(1-2-8)4-12-6-3-11-5-13-6/h3,5,7,12H,1-2,4H2,(H,11,13). The van der Waals surface area contributed by atoms with Gasteiger partial charge in [-0.3, -0.25) is 0 Å². The van der Waals surface area contributed by atoms with Gasteiger partial charge in [0.25, 0.3) is 0 Å². The van der Waals surface area contributed by atoms with E-state index in [4.69, 9.17) is 0 Å². The summed E-state index contributed by atoms with van der Waals surface area (Å²) < 4.78 is 24.9. The summed E-state index contributed by atoms with van der Waals surface area (Å²) in [6.07, 6.45) is 2.12. The molecule has 0 unspecified atom stereocenters. The molecular formula is C8H11F2N3. The minimum Gasteiger partial charge on any atom is -0.370 e. The molecule has 1 aliphatic rings. The summed E-state index contributed by atoms with van der Waals surface area (Å²) in [6.45, 7) is 0.326. The fourth-order valence-electron chi connectivity index (χ4n) is 1.26. The predicted molar refractivity (Wildman–Crippen MR) is 44.7 cm³/mol. The lowest BCUT2D eigenvalue weighted by Gasteiger charge is -2.14. The Bertz CT molecular complexity index is 267. The lowest BCUT2D eigenvalue weighted by Crippen LogP contribution is -2.22. The maximum absolute atomic E-state index is 12.4. The van der Waals surface area contributed by atoms with E-state index in [1.165, 1.54) is 6.33 Å². The highest BCUT2D eigenvalue weighted by molar-refractivity contribution is 5.31. The van der Waals surface area contributed by atoms with E-state index in [1.54, 1.807) is 6.20 Å². The summed E-state index contributed by atoms with van der Waals surface area (Å²) >= 11 is 0. The van der Waals surface area contributed by atoms with Gasteiger partial charge in [0, 0.05) is 12.0 Å². The van der Waals surface area contributed by atoms with Crippen LogP contribution in [0.25, 0.3) is 0 Å². The topological polar surface area (TPSA) is 40.7 Å². The summed E-state index contributed by atoms with van der Waals surface area (Å²) in [4.78, 5) is 6.59. The van der Waals surface area contributed by atoms with E-state index >= 15 is 0 Å². The fourth-order valence-corrected chi connectivity index (χ4v) is 1.26. The van der Waals surface area contributed by atoms with E-state index in [2.05, 4.69) is 15.3 Å². The average Bonchev–Trinajstić information content (AvgIpc) is 2.73. The number of halogens is 2. The highest BCUT2D eigenvalue weighted by Gasteiger charge is 2.50. The lowest BCUT2D eigenvalue weighted by atomic mass is 10.1. The Balaban J connectivity index is 1.86. The number of aromatic nitrogens is 2. The number of aromatic amines is 1. The second-order valence-corrected chi connectivity index (χ2v) is 3.48. The Hall–Kier alpha value is -1.13. The highest BCUT2D eigenvalue weighted by Crippen LogP contribution is 2.50. The normalized spacial score (nSPS) is 19.0. The number of hydrogen-bond donors (Lipinski definition) is 2. The van der Waals surface area contributed by atoms with E-state index in [0.717, 1.165) is 0 Å². The van der Waals surface area contributed by atoms with Crippen molar-refractivity contribution in [2.24, 2.45) is 5.41 Å². The van der Waals surface area contributed by atoms with E-state index in [-0.39, 0.29) is 0 Å². The first kappa shape index (κ1) is 8.47. The summed E-state index contributed by atoms with van der Waals surface area (Å²) in [5.41, 5.74) is -0.773. The Labute approximate surface area is 74.6 Å². The van der Waals surface area contributed by atoms with Crippen LogP contribution in [0, 0.1) is 5.41 Å². The molecule has 0 aromatic carbocycles. The molecule has 0 saturated heterocycles. The van der Waals surface area contributed by atoms with Crippen molar-refractivity contribution in [2.45, 2.75) is 19.3 Å². The van der Waals surface area contributed by atoms with E-state index in [0.29, 0.717) is 25.2 Å². The SMILES string of the molecule is FC(F)C1(CNc2cnc[nH]2)CC1. The van der Waals surface area contributed by atoms with Gasteiger partial charge in [-0.1, -0.05) is 0 Å². The third kappa shape index (κ3) is 1.64. The van der Waals surface area contributed by atoms with Crippen molar-refractivity contribution in [2.75, 3.05) is 11.9 Å². The molecule has 3 nitrogen and oxygen atoms in total. The number of H-pyrrole nitrogens is 1. The largest absolute Gasteiger partial charge is 0.370 e. The van der Waals surface area contributed by atoms with Crippen LogP contribution in [0.15, 0.2) is 12.5 Å². The first-order valence-electron chi connectivity index (χ1n) is 4.23. The summed E-state index contributed by atoms with van der Waals surface area (Å²) in [7, 11) is 0. The molecule has 5 heteroatoms. The number of hydrogen-bond acceptors (Lipinski definition) is 2. The summed E-state index contributed by atoms with van der Waals surface area (Å²) in [6, 6.07) is 0.